The molecule has 1 atom stereocenters. The van der Waals surface area contributed by atoms with E-state index in [0.29, 0.717) is 16.8 Å². The SMILES string of the molecule is CC(C)(C)c1ccc(N2C(=O)C(O)=C(C(=O)c3cc4ccccc4o3)C2c2ccncc2)cc1. The summed E-state index contributed by atoms with van der Waals surface area (Å²) in [5.41, 5.74) is 2.84. The van der Waals surface area contributed by atoms with Gasteiger partial charge in [0.25, 0.3) is 5.91 Å². The number of Topliss-reactive ketones (excluding diaryl/α,β-unsaturated/α-hetero) is 1. The highest BCUT2D eigenvalue weighted by atomic mass is 16.3. The van der Waals surface area contributed by atoms with Crippen molar-refractivity contribution in [1.29, 1.82) is 0 Å². The maximum atomic E-state index is 13.6. The van der Waals surface area contributed by atoms with Crippen molar-refractivity contribution in [1.82, 2.24) is 4.98 Å². The Morgan fingerprint density at radius 3 is 2.32 bits per heavy atom. The van der Waals surface area contributed by atoms with Gasteiger partial charge in [-0.3, -0.25) is 19.5 Å². The van der Waals surface area contributed by atoms with Crippen LogP contribution in [0.3, 0.4) is 0 Å². The molecule has 1 unspecified atom stereocenters. The maximum absolute atomic E-state index is 13.6. The first-order valence-corrected chi connectivity index (χ1v) is 11.1. The van der Waals surface area contributed by atoms with E-state index in [1.54, 1.807) is 36.7 Å². The van der Waals surface area contributed by atoms with Crippen LogP contribution in [-0.2, 0) is 10.2 Å². The van der Waals surface area contributed by atoms with Crippen molar-refractivity contribution in [3.8, 4) is 0 Å². The number of aromatic nitrogens is 1. The van der Waals surface area contributed by atoms with Crippen LogP contribution >= 0.6 is 0 Å². The number of aliphatic hydroxyl groups excluding tert-OH is 1. The third-order valence-electron chi connectivity index (χ3n) is 6.14. The molecule has 2 aromatic heterocycles. The summed E-state index contributed by atoms with van der Waals surface area (Å²) in [6, 6.07) is 19.2. The van der Waals surface area contributed by atoms with Gasteiger partial charge in [-0.2, -0.15) is 0 Å². The van der Waals surface area contributed by atoms with Crippen LogP contribution in [0.4, 0.5) is 5.69 Å². The van der Waals surface area contributed by atoms with Gasteiger partial charge in [-0.05, 0) is 52.9 Å². The molecule has 4 aromatic rings. The van der Waals surface area contributed by atoms with Crippen LogP contribution in [0.15, 0.2) is 94.9 Å². The van der Waals surface area contributed by atoms with Crippen LogP contribution in [0, 0.1) is 0 Å². The van der Waals surface area contributed by atoms with Crippen LogP contribution in [0.1, 0.15) is 48.5 Å². The quantitative estimate of drug-likeness (QED) is 0.389. The normalized spacial score (nSPS) is 16.5. The van der Waals surface area contributed by atoms with Gasteiger partial charge >= 0.3 is 0 Å². The summed E-state index contributed by atoms with van der Waals surface area (Å²) in [4.78, 5) is 32.4. The van der Waals surface area contributed by atoms with Crippen molar-refractivity contribution in [2.75, 3.05) is 4.90 Å². The second-order valence-electron chi connectivity index (χ2n) is 9.39. The summed E-state index contributed by atoms with van der Waals surface area (Å²) in [5.74, 6) is -1.67. The third-order valence-corrected chi connectivity index (χ3v) is 6.14. The van der Waals surface area contributed by atoms with Crippen LogP contribution in [0.5, 0.6) is 0 Å². The standard InChI is InChI=1S/C28H24N2O4/c1-28(2,3)19-8-10-20(11-9-19)30-24(17-12-14-29-15-13-17)23(26(32)27(30)33)25(31)22-16-18-6-4-5-7-21(18)34-22/h4-16,24,32H,1-3H3. The largest absolute Gasteiger partial charge is 0.503 e. The number of furan rings is 1. The first kappa shape index (κ1) is 21.6. The molecule has 0 bridgehead atoms. The van der Waals surface area contributed by atoms with E-state index >= 15 is 0 Å². The number of amides is 1. The molecule has 0 radical (unpaired) electrons. The Bertz CT molecular complexity index is 1390. The molecule has 6 nitrogen and oxygen atoms in total. The summed E-state index contributed by atoms with van der Waals surface area (Å²) >= 11 is 0. The molecule has 0 aliphatic carbocycles. The lowest BCUT2D eigenvalue weighted by Crippen LogP contribution is -2.31. The van der Waals surface area contributed by atoms with Gasteiger partial charge in [0.15, 0.2) is 11.5 Å². The lowest BCUT2D eigenvalue weighted by Gasteiger charge is -2.27. The number of carbonyl (C=O) groups excluding carboxylic acids is 2. The van der Waals surface area contributed by atoms with Crippen LogP contribution in [0.25, 0.3) is 11.0 Å². The summed E-state index contributed by atoms with van der Waals surface area (Å²) in [6.07, 6.45) is 3.19. The number of anilines is 1. The average Bonchev–Trinajstić information content (AvgIpc) is 3.38. The smallest absolute Gasteiger partial charge is 0.294 e. The number of hydrogen-bond donors (Lipinski definition) is 1. The van der Waals surface area contributed by atoms with Gasteiger partial charge in [0.2, 0.25) is 5.78 Å². The van der Waals surface area contributed by atoms with Crippen molar-refractivity contribution in [2.24, 2.45) is 0 Å². The van der Waals surface area contributed by atoms with E-state index in [4.69, 9.17) is 4.42 Å². The molecule has 5 rings (SSSR count). The molecule has 0 saturated heterocycles. The molecule has 6 heteroatoms. The first-order valence-electron chi connectivity index (χ1n) is 11.1. The molecule has 3 heterocycles. The van der Waals surface area contributed by atoms with Crippen LogP contribution in [-0.4, -0.2) is 21.8 Å². The zero-order valence-electron chi connectivity index (χ0n) is 19.1. The molecule has 1 N–H and O–H groups in total. The fourth-order valence-corrected chi connectivity index (χ4v) is 4.31. The highest BCUT2D eigenvalue weighted by Gasteiger charge is 2.45. The predicted octanol–water partition coefficient (Wildman–Crippen LogP) is 5.91. The Labute approximate surface area is 197 Å². The van der Waals surface area contributed by atoms with Gasteiger partial charge in [-0.15, -0.1) is 0 Å². The Balaban J connectivity index is 1.62. The van der Waals surface area contributed by atoms with Gasteiger partial charge in [0.05, 0.1) is 11.6 Å². The molecular formula is C28H24N2O4. The molecule has 0 spiro atoms. The van der Waals surface area contributed by atoms with E-state index < -0.39 is 23.5 Å². The van der Waals surface area contributed by atoms with Crippen LogP contribution < -0.4 is 4.90 Å². The second-order valence-corrected chi connectivity index (χ2v) is 9.39. The first-order chi connectivity index (χ1) is 16.3. The minimum absolute atomic E-state index is 0.0184. The van der Waals surface area contributed by atoms with E-state index in [2.05, 4.69) is 25.8 Å². The summed E-state index contributed by atoms with van der Waals surface area (Å²) in [7, 11) is 0. The average molecular weight is 453 g/mol. The number of ketones is 1. The molecule has 0 saturated carbocycles. The van der Waals surface area contributed by atoms with E-state index in [1.165, 1.54) is 4.90 Å². The zero-order valence-corrected chi connectivity index (χ0v) is 19.1. The lowest BCUT2D eigenvalue weighted by molar-refractivity contribution is -0.117. The van der Waals surface area contributed by atoms with E-state index in [0.717, 1.165) is 10.9 Å². The number of para-hydroxylation sites is 1. The molecule has 170 valence electrons. The van der Waals surface area contributed by atoms with Gasteiger partial charge in [-0.1, -0.05) is 51.1 Å². The minimum Gasteiger partial charge on any atom is -0.503 e. The van der Waals surface area contributed by atoms with Crippen molar-refractivity contribution < 1.29 is 19.1 Å². The number of aliphatic hydroxyl groups is 1. The number of nitrogens with zero attached hydrogens (tertiary/aromatic N) is 2. The number of carbonyl (C=O) groups is 2. The molecule has 34 heavy (non-hydrogen) atoms. The molecule has 0 fully saturated rings. The summed E-state index contributed by atoms with van der Waals surface area (Å²) in [5, 5.41) is 11.7. The zero-order chi connectivity index (χ0) is 24.0. The van der Waals surface area contributed by atoms with Crippen molar-refractivity contribution in [3.05, 3.63) is 107 Å². The number of pyridine rings is 1. The van der Waals surface area contributed by atoms with Gasteiger partial charge < -0.3 is 9.52 Å². The summed E-state index contributed by atoms with van der Waals surface area (Å²) in [6.45, 7) is 6.33. The summed E-state index contributed by atoms with van der Waals surface area (Å²) < 4.78 is 5.77. The van der Waals surface area contributed by atoms with E-state index in [9.17, 15) is 14.7 Å². The van der Waals surface area contributed by atoms with Gasteiger partial charge in [-0.25, -0.2) is 0 Å². The molecule has 2 aromatic carbocycles. The van der Waals surface area contributed by atoms with Gasteiger partial charge in [0, 0.05) is 23.5 Å². The van der Waals surface area contributed by atoms with Crippen LogP contribution in [0.2, 0.25) is 0 Å². The Kier molecular flexibility index (Phi) is 5.09. The predicted molar refractivity (Wildman–Crippen MR) is 130 cm³/mol. The molecular weight excluding hydrogens is 428 g/mol. The fourth-order valence-electron chi connectivity index (χ4n) is 4.31. The highest BCUT2D eigenvalue weighted by molar-refractivity contribution is 6.20. The van der Waals surface area contributed by atoms with Crippen molar-refractivity contribution in [3.63, 3.8) is 0 Å². The highest BCUT2D eigenvalue weighted by Crippen LogP contribution is 2.42. The third kappa shape index (κ3) is 3.57. The number of hydrogen-bond acceptors (Lipinski definition) is 5. The van der Waals surface area contributed by atoms with Gasteiger partial charge in [0.1, 0.15) is 5.58 Å². The number of fused-ring (bicyclic) bond motifs is 1. The fraction of sp³-hybridized carbons (Fsp3) is 0.179. The molecule has 1 amide bonds. The topological polar surface area (TPSA) is 83.6 Å². The number of rotatable bonds is 4. The monoisotopic (exact) mass is 452 g/mol. The van der Waals surface area contributed by atoms with E-state index in [-0.39, 0.29) is 16.7 Å². The minimum atomic E-state index is -0.823. The Morgan fingerprint density at radius 1 is 1.00 bits per heavy atom. The molecule has 1 aliphatic rings. The second kappa shape index (κ2) is 7.99. The van der Waals surface area contributed by atoms with Crippen molar-refractivity contribution in [2.45, 2.75) is 32.2 Å². The molecule has 1 aliphatic heterocycles. The number of benzene rings is 2. The Hall–Kier alpha value is -4.19. The van der Waals surface area contributed by atoms with E-state index in [1.807, 2.05) is 42.5 Å². The Morgan fingerprint density at radius 2 is 1.68 bits per heavy atom. The maximum Gasteiger partial charge on any atom is 0.294 e. The lowest BCUT2D eigenvalue weighted by atomic mass is 9.87. The van der Waals surface area contributed by atoms with Crippen molar-refractivity contribution >= 4 is 28.3 Å².